The van der Waals surface area contributed by atoms with Gasteiger partial charge in [0.05, 0.1) is 20.8 Å². The first kappa shape index (κ1) is 23.8. The topological polar surface area (TPSA) is 168 Å². The molecule has 0 bridgehead atoms. The first-order valence-corrected chi connectivity index (χ1v) is 10.3. The third kappa shape index (κ3) is 4.27. The average Bonchev–Trinajstić information content (AvgIpc) is 2.83. The highest BCUT2D eigenvalue weighted by atomic mass is 16.7. The molecule has 1 saturated heterocycles. The van der Waals surface area contributed by atoms with E-state index in [0.29, 0.717) is 5.56 Å². The van der Waals surface area contributed by atoms with Crippen LogP contribution in [0.3, 0.4) is 0 Å². The standard InChI is InChI=1S/C23H24O11/c1-30-15-5-10(3-4-12(15)25)14-8-13(26)19-16(31-2)6-11(7-17(19)33-14)32-23-22(29)21(28)20(27)18(9-24)34-23/h3-8,18,20-25,27-29H,9H2,1-2H3/t18-,20-,21+,22-,23-/m1/s1. The lowest BCUT2D eigenvalue weighted by Gasteiger charge is -2.39. The zero-order chi connectivity index (χ0) is 24.6. The second kappa shape index (κ2) is 9.49. The Bertz CT molecular complexity index is 1240. The van der Waals surface area contributed by atoms with Gasteiger partial charge in [-0.05, 0) is 18.2 Å². The zero-order valence-corrected chi connectivity index (χ0v) is 18.2. The van der Waals surface area contributed by atoms with Gasteiger partial charge in [0, 0.05) is 23.8 Å². The Morgan fingerprint density at radius 2 is 1.68 bits per heavy atom. The number of aromatic hydroxyl groups is 1. The van der Waals surface area contributed by atoms with Crippen LogP contribution in [-0.4, -0.2) is 77.1 Å². The molecule has 34 heavy (non-hydrogen) atoms. The highest BCUT2D eigenvalue weighted by Crippen LogP contribution is 2.35. The molecule has 11 nitrogen and oxygen atoms in total. The molecule has 1 aliphatic heterocycles. The molecule has 1 fully saturated rings. The molecule has 11 heteroatoms. The molecule has 1 aliphatic rings. The van der Waals surface area contributed by atoms with Gasteiger partial charge in [-0.25, -0.2) is 0 Å². The molecule has 1 aromatic heterocycles. The maximum atomic E-state index is 12.9. The number of hydrogen-bond acceptors (Lipinski definition) is 11. The van der Waals surface area contributed by atoms with Gasteiger partial charge in [0.2, 0.25) is 6.29 Å². The molecular formula is C23H24O11. The molecule has 5 N–H and O–H groups in total. The van der Waals surface area contributed by atoms with Crippen LogP contribution < -0.4 is 19.6 Å². The number of rotatable bonds is 6. The van der Waals surface area contributed by atoms with Crippen molar-refractivity contribution in [2.45, 2.75) is 30.7 Å². The second-order valence-electron chi connectivity index (χ2n) is 7.68. The fourth-order valence-electron chi connectivity index (χ4n) is 3.73. The third-order valence-electron chi connectivity index (χ3n) is 5.55. The first-order chi connectivity index (χ1) is 16.3. The summed E-state index contributed by atoms with van der Waals surface area (Å²) in [6, 6.07) is 8.48. The summed E-state index contributed by atoms with van der Waals surface area (Å²) in [6.45, 7) is -0.611. The summed E-state index contributed by atoms with van der Waals surface area (Å²) in [5.41, 5.74) is 0.154. The van der Waals surface area contributed by atoms with E-state index in [1.807, 2.05) is 0 Å². The number of aliphatic hydroxyl groups excluding tert-OH is 4. The molecule has 0 radical (unpaired) electrons. The molecule has 4 rings (SSSR count). The van der Waals surface area contributed by atoms with Crippen LogP contribution in [-0.2, 0) is 4.74 Å². The number of benzene rings is 2. The minimum absolute atomic E-state index is 0.0669. The number of phenolic OH excluding ortho intramolecular Hbond substituents is 1. The van der Waals surface area contributed by atoms with Crippen LogP contribution in [0, 0.1) is 0 Å². The molecule has 0 saturated carbocycles. The van der Waals surface area contributed by atoms with Crippen LogP contribution >= 0.6 is 0 Å². The smallest absolute Gasteiger partial charge is 0.229 e. The SMILES string of the molecule is COc1cc(-c2cc(=O)c3c(OC)cc(O[C@@H]4O[C@H](CO)[C@@H](O)[C@H](O)[C@H]4O)cc3o2)ccc1O. The van der Waals surface area contributed by atoms with Gasteiger partial charge in [-0.15, -0.1) is 0 Å². The van der Waals surface area contributed by atoms with Crippen molar-refractivity contribution in [3.05, 3.63) is 46.6 Å². The molecule has 2 heterocycles. The van der Waals surface area contributed by atoms with Crippen LogP contribution in [0.2, 0.25) is 0 Å². The van der Waals surface area contributed by atoms with Crippen LogP contribution in [0.15, 0.2) is 45.6 Å². The Morgan fingerprint density at radius 3 is 2.35 bits per heavy atom. The minimum atomic E-state index is -1.62. The van der Waals surface area contributed by atoms with Crippen molar-refractivity contribution in [3.8, 4) is 34.3 Å². The van der Waals surface area contributed by atoms with Gasteiger partial charge in [-0.1, -0.05) is 0 Å². The molecule has 182 valence electrons. The van der Waals surface area contributed by atoms with Crippen molar-refractivity contribution in [2.75, 3.05) is 20.8 Å². The summed E-state index contributed by atoms with van der Waals surface area (Å²) in [4.78, 5) is 12.9. The number of hydrogen-bond donors (Lipinski definition) is 5. The predicted molar refractivity (Wildman–Crippen MR) is 117 cm³/mol. The van der Waals surface area contributed by atoms with Crippen LogP contribution in [0.5, 0.6) is 23.0 Å². The van der Waals surface area contributed by atoms with Gasteiger partial charge in [0.1, 0.15) is 52.6 Å². The zero-order valence-electron chi connectivity index (χ0n) is 18.2. The molecule has 2 aromatic carbocycles. The Labute approximate surface area is 192 Å². The van der Waals surface area contributed by atoms with Gasteiger partial charge >= 0.3 is 0 Å². The first-order valence-electron chi connectivity index (χ1n) is 10.3. The maximum Gasteiger partial charge on any atom is 0.229 e. The fraction of sp³-hybridized carbons (Fsp3) is 0.348. The van der Waals surface area contributed by atoms with E-state index >= 15 is 0 Å². The molecule has 0 unspecified atom stereocenters. The largest absolute Gasteiger partial charge is 0.504 e. The summed E-state index contributed by atoms with van der Waals surface area (Å²) >= 11 is 0. The summed E-state index contributed by atoms with van der Waals surface area (Å²) in [5.74, 6) is 0.490. The van der Waals surface area contributed by atoms with Crippen LogP contribution in [0.4, 0.5) is 0 Å². The lowest BCUT2D eigenvalue weighted by Crippen LogP contribution is -2.60. The quantitative estimate of drug-likeness (QED) is 0.333. The Kier molecular flexibility index (Phi) is 6.64. The molecule has 5 atom stereocenters. The van der Waals surface area contributed by atoms with Crippen molar-refractivity contribution in [3.63, 3.8) is 0 Å². The highest BCUT2D eigenvalue weighted by molar-refractivity contribution is 5.86. The van der Waals surface area contributed by atoms with E-state index in [4.69, 9.17) is 23.4 Å². The van der Waals surface area contributed by atoms with Gasteiger partial charge in [0.15, 0.2) is 16.9 Å². The van der Waals surface area contributed by atoms with E-state index in [-0.39, 0.29) is 39.7 Å². The maximum absolute atomic E-state index is 12.9. The predicted octanol–water partition coefficient (Wildman–Crippen LogP) is 0.361. The van der Waals surface area contributed by atoms with Crippen molar-refractivity contribution in [1.29, 1.82) is 0 Å². The van der Waals surface area contributed by atoms with Gasteiger partial charge in [0.25, 0.3) is 0 Å². The van der Waals surface area contributed by atoms with Crippen molar-refractivity contribution < 1.29 is 48.9 Å². The Morgan fingerprint density at radius 1 is 0.941 bits per heavy atom. The average molecular weight is 476 g/mol. The van der Waals surface area contributed by atoms with E-state index < -0.39 is 42.7 Å². The van der Waals surface area contributed by atoms with Gasteiger partial charge < -0.3 is 48.9 Å². The molecular weight excluding hydrogens is 452 g/mol. The molecule has 0 aliphatic carbocycles. The van der Waals surface area contributed by atoms with Crippen LogP contribution in [0.1, 0.15) is 0 Å². The van der Waals surface area contributed by atoms with Gasteiger partial charge in [-0.2, -0.15) is 0 Å². The monoisotopic (exact) mass is 476 g/mol. The fourth-order valence-corrected chi connectivity index (χ4v) is 3.73. The van der Waals surface area contributed by atoms with Crippen molar-refractivity contribution in [1.82, 2.24) is 0 Å². The van der Waals surface area contributed by atoms with E-state index in [0.717, 1.165) is 0 Å². The second-order valence-corrected chi connectivity index (χ2v) is 7.68. The summed E-state index contributed by atoms with van der Waals surface area (Å²) < 4.78 is 27.4. The molecule has 0 amide bonds. The summed E-state index contributed by atoms with van der Waals surface area (Å²) in [5, 5.41) is 49.5. The molecule has 3 aromatic rings. The van der Waals surface area contributed by atoms with E-state index in [2.05, 4.69) is 0 Å². The number of aliphatic hydroxyl groups is 4. The summed E-state index contributed by atoms with van der Waals surface area (Å²) in [7, 11) is 2.74. The normalized spacial score (nSPS) is 24.7. The van der Waals surface area contributed by atoms with E-state index in [1.54, 1.807) is 6.07 Å². The Balaban J connectivity index is 1.75. The minimum Gasteiger partial charge on any atom is -0.504 e. The van der Waals surface area contributed by atoms with Crippen molar-refractivity contribution in [2.24, 2.45) is 0 Å². The highest BCUT2D eigenvalue weighted by Gasteiger charge is 2.44. The number of fused-ring (bicyclic) bond motifs is 1. The number of methoxy groups -OCH3 is 2. The number of phenols is 1. The van der Waals surface area contributed by atoms with E-state index in [1.165, 1.54) is 44.6 Å². The molecule has 0 spiro atoms. The van der Waals surface area contributed by atoms with Crippen LogP contribution in [0.25, 0.3) is 22.3 Å². The van der Waals surface area contributed by atoms with E-state index in [9.17, 15) is 30.3 Å². The van der Waals surface area contributed by atoms with Gasteiger partial charge in [-0.3, -0.25) is 4.79 Å². The van der Waals surface area contributed by atoms with Crippen molar-refractivity contribution >= 4 is 11.0 Å². The summed E-state index contributed by atoms with van der Waals surface area (Å²) in [6.07, 6.45) is -7.36. The third-order valence-corrected chi connectivity index (χ3v) is 5.55. The lowest BCUT2D eigenvalue weighted by molar-refractivity contribution is -0.277. The Hall–Kier alpha value is -3.35. The lowest BCUT2D eigenvalue weighted by atomic mass is 9.99. The number of ether oxygens (including phenoxy) is 4.